The number of anilines is 1. The molecule has 1 heterocycles. The zero-order valence-corrected chi connectivity index (χ0v) is 12.4. The summed E-state index contributed by atoms with van der Waals surface area (Å²) < 4.78 is 14.7. The van der Waals surface area contributed by atoms with Crippen molar-refractivity contribution < 1.29 is 4.39 Å². The molecule has 3 nitrogen and oxygen atoms in total. The molecular formula is C13H15ClFN3S. The van der Waals surface area contributed by atoms with E-state index in [0.29, 0.717) is 16.5 Å². The van der Waals surface area contributed by atoms with Crippen LogP contribution in [0.2, 0.25) is 5.02 Å². The number of thioether (sulfide) groups is 1. The average molecular weight is 300 g/mol. The lowest BCUT2D eigenvalue weighted by atomic mass is 10.3. The Morgan fingerprint density at radius 1 is 1.47 bits per heavy atom. The smallest absolute Gasteiger partial charge is 0.125 e. The lowest BCUT2D eigenvalue weighted by Gasteiger charge is -2.06. The number of hydrogen-bond acceptors (Lipinski definition) is 3. The number of nitrogen functional groups attached to an aromatic ring is 1. The first kappa shape index (κ1) is 14.2. The van der Waals surface area contributed by atoms with Crippen LogP contribution in [0.1, 0.15) is 18.3 Å². The molecule has 0 aliphatic rings. The number of nitrogens with two attached hydrogens (primary N) is 1. The number of hydrogen-bond donors (Lipinski definition) is 1. The zero-order valence-electron chi connectivity index (χ0n) is 10.8. The summed E-state index contributed by atoms with van der Waals surface area (Å²) in [7, 11) is 1.87. The maximum atomic E-state index is 13.0. The van der Waals surface area contributed by atoms with Gasteiger partial charge in [0.2, 0.25) is 0 Å². The van der Waals surface area contributed by atoms with E-state index in [0.717, 1.165) is 22.7 Å². The second-order valence-electron chi connectivity index (χ2n) is 4.16. The van der Waals surface area contributed by atoms with Crippen molar-refractivity contribution in [3.05, 3.63) is 40.4 Å². The molecule has 0 bridgehead atoms. The molecule has 0 aliphatic heterocycles. The lowest BCUT2D eigenvalue weighted by Crippen LogP contribution is -1.97. The third-order valence-corrected chi connectivity index (χ3v) is 4.38. The van der Waals surface area contributed by atoms with Gasteiger partial charge in [0, 0.05) is 23.4 Å². The third kappa shape index (κ3) is 3.04. The minimum Gasteiger partial charge on any atom is -0.398 e. The Kier molecular flexibility index (Phi) is 4.37. The molecule has 1 aromatic heterocycles. The predicted molar refractivity (Wildman–Crippen MR) is 78.0 cm³/mol. The van der Waals surface area contributed by atoms with Crippen molar-refractivity contribution in [1.82, 2.24) is 9.78 Å². The van der Waals surface area contributed by atoms with Crippen LogP contribution in [0, 0.1) is 5.82 Å². The Hall–Kier alpha value is -1.20. The largest absolute Gasteiger partial charge is 0.398 e. The van der Waals surface area contributed by atoms with Gasteiger partial charge >= 0.3 is 0 Å². The molecule has 0 spiro atoms. The predicted octanol–water partition coefficient (Wildman–Crippen LogP) is 3.65. The summed E-state index contributed by atoms with van der Waals surface area (Å²) in [6.07, 6.45) is 0.802. The van der Waals surface area contributed by atoms with E-state index in [9.17, 15) is 4.39 Å². The van der Waals surface area contributed by atoms with Crippen molar-refractivity contribution in [3.63, 3.8) is 0 Å². The average Bonchev–Trinajstić information content (AvgIpc) is 2.64. The monoisotopic (exact) mass is 299 g/mol. The Bertz CT molecular complexity index is 598. The molecule has 0 unspecified atom stereocenters. The maximum Gasteiger partial charge on any atom is 0.125 e. The number of aromatic nitrogens is 2. The molecular weight excluding hydrogens is 285 g/mol. The fraction of sp³-hybridized carbons (Fsp3) is 0.308. The van der Waals surface area contributed by atoms with Crippen molar-refractivity contribution in [2.24, 2.45) is 7.05 Å². The van der Waals surface area contributed by atoms with Gasteiger partial charge in [-0.3, -0.25) is 4.68 Å². The highest BCUT2D eigenvalue weighted by Crippen LogP contribution is 2.31. The van der Waals surface area contributed by atoms with Crippen LogP contribution >= 0.6 is 23.4 Å². The quantitative estimate of drug-likeness (QED) is 0.692. The molecule has 0 saturated carbocycles. The van der Waals surface area contributed by atoms with Gasteiger partial charge in [-0.1, -0.05) is 18.5 Å². The van der Waals surface area contributed by atoms with Gasteiger partial charge in [0.25, 0.3) is 0 Å². The normalized spacial score (nSPS) is 10.9. The van der Waals surface area contributed by atoms with Gasteiger partial charge in [-0.2, -0.15) is 5.10 Å². The van der Waals surface area contributed by atoms with Crippen molar-refractivity contribution >= 4 is 29.1 Å². The molecule has 0 aliphatic carbocycles. The zero-order chi connectivity index (χ0) is 14.0. The van der Waals surface area contributed by atoms with Crippen LogP contribution < -0.4 is 5.73 Å². The standard InChI is InChI=1S/C13H15ClFN3S/c1-3-10-13(14)11(18(2)17-10)7-19-12-5-4-8(15)6-9(12)16/h4-6H,3,7,16H2,1-2H3. The summed E-state index contributed by atoms with van der Waals surface area (Å²) >= 11 is 7.80. The van der Waals surface area contributed by atoms with Gasteiger partial charge in [-0.05, 0) is 24.6 Å². The van der Waals surface area contributed by atoms with E-state index < -0.39 is 0 Å². The van der Waals surface area contributed by atoms with Crippen molar-refractivity contribution in [3.8, 4) is 0 Å². The summed E-state index contributed by atoms with van der Waals surface area (Å²) in [4.78, 5) is 0.844. The molecule has 19 heavy (non-hydrogen) atoms. The molecule has 0 radical (unpaired) electrons. The van der Waals surface area contributed by atoms with Gasteiger partial charge in [-0.15, -0.1) is 11.8 Å². The third-order valence-electron chi connectivity index (χ3n) is 2.84. The lowest BCUT2D eigenvalue weighted by molar-refractivity contribution is 0.627. The van der Waals surface area contributed by atoms with E-state index in [1.54, 1.807) is 10.7 Å². The minimum absolute atomic E-state index is 0.325. The summed E-state index contributed by atoms with van der Waals surface area (Å²) in [5.74, 6) is 0.326. The molecule has 102 valence electrons. The number of nitrogens with zero attached hydrogens (tertiary/aromatic N) is 2. The van der Waals surface area contributed by atoms with Gasteiger partial charge in [0.15, 0.2) is 0 Å². The van der Waals surface area contributed by atoms with E-state index in [4.69, 9.17) is 17.3 Å². The molecule has 0 fully saturated rings. The van der Waals surface area contributed by atoms with Crippen LogP contribution in [0.15, 0.2) is 23.1 Å². The topological polar surface area (TPSA) is 43.8 Å². The van der Waals surface area contributed by atoms with E-state index in [1.807, 2.05) is 14.0 Å². The highest BCUT2D eigenvalue weighted by molar-refractivity contribution is 7.98. The Morgan fingerprint density at radius 3 is 2.79 bits per heavy atom. The summed E-state index contributed by atoms with van der Waals surface area (Å²) in [5.41, 5.74) is 8.07. The first-order chi connectivity index (χ1) is 9.02. The van der Waals surface area contributed by atoms with Crippen LogP contribution in [-0.2, 0) is 19.2 Å². The Balaban J connectivity index is 2.16. The van der Waals surface area contributed by atoms with Gasteiger partial charge in [0.1, 0.15) is 5.82 Å². The number of aryl methyl sites for hydroxylation is 2. The number of rotatable bonds is 4. The Labute approximate surface area is 120 Å². The van der Waals surface area contributed by atoms with E-state index in [2.05, 4.69) is 5.10 Å². The van der Waals surface area contributed by atoms with Gasteiger partial charge in [0.05, 0.1) is 16.4 Å². The van der Waals surface area contributed by atoms with Crippen LogP contribution in [0.25, 0.3) is 0 Å². The highest BCUT2D eigenvalue weighted by atomic mass is 35.5. The van der Waals surface area contributed by atoms with E-state index >= 15 is 0 Å². The minimum atomic E-state index is -0.325. The fourth-order valence-electron chi connectivity index (χ4n) is 1.77. The molecule has 2 rings (SSSR count). The molecule has 6 heteroatoms. The van der Waals surface area contributed by atoms with Gasteiger partial charge in [-0.25, -0.2) is 4.39 Å². The second-order valence-corrected chi connectivity index (χ2v) is 5.55. The van der Waals surface area contributed by atoms with Crippen LogP contribution in [0.3, 0.4) is 0 Å². The first-order valence-electron chi connectivity index (χ1n) is 5.91. The van der Waals surface area contributed by atoms with E-state index in [1.165, 1.54) is 23.9 Å². The highest BCUT2D eigenvalue weighted by Gasteiger charge is 2.13. The van der Waals surface area contributed by atoms with Gasteiger partial charge < -0.3 is 5.73 Å². The number of benzene rings is 1. The van der Waals surface area contributed by atoms with Crippen molar-refractivity contribution in [2.45, 2.75) is 24.0 Å². The SMILES string of the molecule is CCc1nn(C)c(CSc2ccc(F)cc2N)c1Cl. The van der Waals surface area contributed by atoms with E-state index in [-0.39, 0.29) is 5.82 Å². The van der Waals surface area contributed by atoms with Crippen LogP contribution in [0.4, 0.5) is 10.1 Å². The second kappa shape index (κ2) is 5.84. The van der Waals surface area contributed by atoms with Crippen molar-refractivity contribution in [2.75, 3.05) is 5.73 Å². The maximum absolute atomic E-state index is 13.0. The molecule has 0 saturated heterocycles. The fourth-order valence-corrected chi connectivity index (χ4v) is 3.23. The van der Waals surface area contributed by atoms with Crippen LogP contribution in [0.5, 0.6) is 0 Å². The number of halogens is 2. The molecule has 2 aromatic rings. The summed E-state index contributed by atoms with van der Waals surface area (Å²) in [6.45, 7) is 2.02. The summed E-state index contributed by atoms with van der Waals surface area (Å²) in [6, 6.07) is 4.41. The summed E-state index contributed by atoms with van der Waals surface area (Å²) in [5, 5.41) is 5.06. The molecule has 1 aromatic carbocycles. The molecule has 0 amide bonds. The molecule has 0 atom stereocenters. The first-order valence-corrected chi connectivity index (χ1v) is 7.27. The van der Waals surface area contributed by atoms with Crippen LogP contribution in [-0.4, -0.2) is 9.78 Å². The Morgan fingerprint density at radius 2 is 2.21 bits per heavy atom. The van der Waals surface area contributed by atoms with Crippen molar-refractivity contribution in [1.29, 1.82) is 0 Å². The molecule has 2 N–H and O–H groups in total.